The minimum atomic E-state index is -0.272. The van der Waals surface area contributed by atoms with Gasteiger partial charge in [0.25, 0.3) is 0 Å². The molecular formula is C16H22N2O4. The van der Waals surface area contributed by atoms with Crippen LogP contribution < -0.4 is 10.1 Å². The van der Waals surface area contributed by atoms with E-state index in [-0.39, 0.29) is 30.3 Å². The summed E-state index contributed by atoms with van der Waals surface area (Å²) in [5.41, 5.74) is 0.976. The fourth-order valence-corrected chi connectivity index (χ4v) is 2.56. The Bertz CT molecular complexity index is 529. The third kappa shape index (κ3) is 3.76. The molecule has 1 heterocycles. The number of hydrogen-bond acceptors (Lipinski definition) is 4. The number of carbonyl (C=O) groups excluding carboxylic acids is 2. The molecule has 120 valence electrons. The summed E-state index contributed by atoms with van der Waals surface area (Å²) in [5.74, 6) is 0.406. The van der Waals surface area contributed by atoms with Crippen LogP contribution in [0.4, 0.5) is 0 Å². The number of rotatable bonds is 6. The van der Waals surface area contributed by atoms with Crippen molar-refractivity contribution in [3.63, 3.8) is 0 Å². The first-order valence-corrected chi connectivity index (χ1v) is 7.23. The standard InChI is InChI=1S/C16H22N2O4/c1-18(16(20)12-8-15(19)17-9-12)10-14(22-3)11-4-6-13(21-2)7-5-11/h4-7,12,14H,8-10H2,1-3H3,(H,17,19)/t12-,14-/m1/s1. The number of carbonyl (C=O) groups is 2. The normalized spacial score (nSPS) is 18.7. The molecule has 1 saturated heterocycles. The van der Waals surface area contributed by atoms with Crippen LogP contribution in [0.1, 0.15) is 18.1 Å². The second-order valence-electron chi connectivity index (χ2n) is 5.42. The Morgan fingerprint density at radius 2 is 2.05 bits per heavy atom. The van der Waals surface area contributed by atoms with E-state index in [1.165, 1.54) is 0 Å². The summed E-state index contributed by atoms with van der Waals surface area (Å²) in [6, 6.07) is 7.57. The average molecular weight is 306 g/mol. The molecule has 1 fully saturated rings. The van der Waals surface area contributed by atoms with Crippen molar-refractivity contribution in [3.8, 4) is 5.75 Å². The zero-order valence-corrected chi connectivity index (χ0v) is 13.2. The number of nitrogens with zero attached hydrogens (tertiary/aromatic N) is 1. The van der Waals surface area contributed by atoms with Crippen LogP contribution in [0, 0.1) is 5.92 Å². The van der Waals surface area contributed by atoms with Gasteiger partial charge in [-0.25, -0.2) is 0 Å². The first-order valence-electron chi connectivity index (χ1n) is 7.23. The summed E-state index contributed by atoms with van der Waals surface area (Å²) in [7, 11) is 4.97. The first kappa shape index (κ1) is 16.3. The molecule has 0 aromatic heterocycles. The Morgan fingerprint density at radius 3 is 2.55 bits per heavy atom. The second-order valence-corrected chi connectivity index (χ2v) is 5.42. The molecule has 2 amide bonds. The maximum Gasteiger partial charge on any atom is 0.227 e. The highest BCUT2D eigenvalue weighted by Crippen LogP contribution is 2.22. The maximum atomic E-state index is 12.3. The molecule has 0 saturated carbocycles. The van der Waals surface area contributed by atoms with Crippen molar-refractivity contribution in [3.05, 3.63) is 29.8 Å². The van der Waals surface area contributed by atoms with Gasteiger partial charge in [0.15, 0.2) is 0 Å². The Balaban J connectivity index is 1.99. The zero-order valence-electron chi connectivity index (χ0n) is 13.2. The number of hydrogen-bond donors (Lipinski definition) is 1. The molecule has 0 spiro atoms. The van der Waals surface area contributed by atoms with Crippen LogP contribution in [0.3, 0.4) is 0 Å². The Labute approximate surface area is 130 Å². The summed E-state index contributed by atoms with van der Waals surface area (Å²) in [5, 5.41) is 2.69. The molecule has 0 unspecified atom stereocenters. The van der Waals surface area contributed by atoms with E-state index in [2.05, 4.69) is 5.32 Å². The summed E-state index contributed by atoms with van der Waals surface area (Å²) in [6.45, 7) is 0.856. The molecule has 1 aromatic carbocycles. The van der Waals surface area contributed by atoms with Crippen LogP contribution in [-0.4, -0.2) is 51.1 Å². The topological polar surface area (TPSA) is 67.9 Å². The van der Waals surface area contributed by atoms with Gasteiger partial charge in [0.2, 0.25) is 11.8 Å². The zero-order chi connectivity index (χ0) is 16.1. The van der Waals surface area contributed by atoms with Gasteiger partial charge in [0, 0.05) is 27.1 Å². The lowest BCUT2D eigenvalue weighted by molar-refractivity contribution is -0.136. The summed E-state index contributed by atoms with van der Waals surface area (Å²) in [4.78, 5) is 25.2. The van der Waals surface area contributed by atoms with Crippen molar-refractivity contribution in [2.45, 2.75) is 12.5 Å². The predicted molar refractivity (Wildman–Crippen MR) is 81.5 cm³/mol. The van der Waals surface area contributed by atoms with Gasteiger partial charge < -0.3 is 19.7 Å². The number of ether oxygens (including phenoxy) is 2. The minimum absolute atomic E-state index is 0.0334. The highest BCUT2D eigenvalue weighted by Gasteiger charge is 2.31. The second kappa shape index (κ2) is 7.26. The van der Waals surface area contributed by atoms with Gasteiger partial charge in [0.1, 0.15) is 5.75 Å². The van der Waals surface area contributed by atoms with Gasteiger partial charge in [-0.15, -0.1) is 0 Å². The van der Waals surface area contributed by atoms with E-state index in [1.807, 2.05) is 24.3 Å². The van der Waals surface area contributed by atoms with E-state index in [9.17, 15) is 9.59 Å². The lowest BCUT2D eigenvalue weighted by atomic mass is 10.1. The summed E-state index contributed by atoms with van der Waals surface area (Å²) in [6.07, 6.45) is 0.0496. The third-order valence-electron chi connectivity index (χ3n) is 3.91. The molecule has 0 aliphatic carbocycles. The van der Waals surface area contributed by atoms with Crippen molar-refractivity contribution >= 4 is 11.8 Å². The SMILES string of the molecule is COc1ccc([C@@H](CN(C)C(=O)[C@H]2CNC(=O)C2)OC)cc1. The third-order valence-corrected chi connectivity index (χ3v) is 3.91. The Morgan fingerprint density at radius 1 is 1.36 bits per heavy atom. The highest BCUT2D eigenvalue weighted by atomic mass is 16.5. The molecule has 2 rings (SSSR count). The molecule has 0 radical (unpaired) electrons. The number of methoxy groups -OCH3 is 2. The monoisotopic (exact) mass is 306 g/mol. The van der Waals surface area contributed by atoms with E-state index in [1.54, 1.807) is 26.2 Å². The lowest BCUT2D eigenvalue weighted by Gasteiger charge is -2.25. The van der Waals surface area contributed by atoms with E-state index in [0.717, 1.165) is 11.3 Å². The molecule has 2 atom stereocenters. The Kier molecular flexibility index (Phi) is 5.38. The van der Waals surface area contributed by atoms with Crippen molar-refractivity contribution in [1.82, 2.24) is 10.2 Å². The molecule has 1 aliphatic rings. The van der Waals surface area contributed by atoms with Gasteiger partial charge in [-0.05, 0) is 17.7 Å². The fraction of sp³-hybridized carbons (Fsp3) is 0.500. The van der Waals surface area contributed by atoms with Gasteiger partial charge >= 0.3 is 0 Å². The summed E-state index contributed by atoms with van der Waals surface area (Å²) >= 11 is 0. The van der Waals surface area contributed by atoms with Crippen molar-refractivity contribution in [2.75, 3.05) is 34.4 Å². The summed E-state index contributed by atoms with van der Waals surface area (Å²) < 4.78 is 10.6. The van der Waals surface area contributed by atoms with E-state index < -0.39 is 0 Å². The van der Waals surface area contributed by atoms with Crippen molar-refractivity contribution in [2.24, 2.45) is 5.92 Å². The fourth-order valence-electron chi connectivity index (χ4n) is 2.56. The number of amides is 2. The molecule has 1 aromatic rings. The van der Waals surface area contributed by atoms with E-state index in [0.29, 0.717) is 13.1 Å². The maximum absolute atomic E-state index is 12.3. The number of benzene rings is 1. The molecule has 6 nitrogen and oxygen atoms in total. The quantitative estimate of drug-likeness (QED) is 0.850. The highest BCUT2D eigenvalue weighted by molar-refractivity contribution is 5.89. The first-order chi connectivity index (χ1) is 10.5. The largest absolute Gasteiger partial charge is 0.497 e. The van der Waals surface area contributed by atoms with Crippen molar-refractivity contribution in [1.29, 1.82) is 0 Å². The van der Waals surface area contributed by atoms with Crippen molar-refractivity contribution < 1.29 is 19.1 Å². The van der Waals surface area contributed by atoms with Gasteiger partial charge in [0.05, 0.1) is 25.7 Å². The van der Waals surface area contributed by atoms with Crippen LogP contribution in [0.15, 0.2) is 24.3 Å². The molecule has 1 aliphatic heterocycles. The van der Waals surface area contributed by atoms with Gasteiger partial charge in [-0.2, -0.15) is 0 Å². The smallest absolute Gasteiger partial charge is 0.227 e. The van der Waals surface area contributed by atoms with E-state index >= 15 is 0 Å². The predicted octanol–water partition coefficient (Wildman–Crippen LogP) is 0.977. The molecule has 6 heteroatoms. The van der Waals surface area contributed by atoms with E-state index in [4.69, 9.17) is 9.47 Å². The average Bonchev–Trinajstić information content (AvgIpc) is 2.98. The number of nitrogens with one attached hydrogen (secondary N) is 1. The Hall–Kier alpha value is -2.08. The molecule has 1 N–H and O–H groups in total. The van der Waals surface area contributed by atoms with Crippen LogP contribution in [0.25, 0.3) is 0 Å². The van der Waals surface area contributed by atoms with Gasteiger partial charge in [-0.3, -0.25) is 9.59 Å². The van der Waals surface area contributed by atoms with Gasteiger partial charge in [-0.1, -0.05) is 12.1 Å². The van der Waals surface area contributed by atoms with Crippen LogP contribution in [-0.2, 0) is 14.3 Å². The minimum Gasteiger partial charge on any atom is -0.497 e. The molecular weight excluding hydrogens is 284 g/mol. The molecule has 0 bridgehead atoms. The van der Waals surface area contributed by atoms with Crippen LogP contribution >= 0.6 is 0 Å². The lowest BCUT2D eigenvalue weighted by Crippen LogP contribution is -2.37. The van der Waals surface area contributed by atoms with Crippen LogP contribution in [0.5, 0.6) is 5.75 Å². The van der Waals surface area contributed by atoms with Crippen LogP contribution in [0.2, 0.25) is 0 Å². The number of likely N-dealkylation sites (N-methyl/N-ethyl adjacent to an activating group) is 1. The molecule has 22 heavy (non-hydrogen) atoms.